The molecule has 0 aromatic heterocycles. The van der Waals surface area contributed by atoms with Crippen molar-refractivity contribution in [1.29, 1.82) is 0 Å². The maximum atomic E-state index is 11.9. The summed E-state index contributed by atoms with van der Waals surface area (Å²) < 4.78 is 18.5. The van der Waals surface area contributed by atoms with Crippen molar-refractivity contribution in [3.8, 4) is 0 Å². The Bertz CT molecular complexity index is 292. The van der Waals surface area contributed by atoms with Crippen molar-refractivity contribution in [2.75, 3.05) is 6.54 Å². The predicted molar refractivity (Wildman–Crippen MR) is 47.5 cm³/mol. The second kappa shape index (κ2) is 2.32. The van der Waals surface area contributed by atoms with Crippen LogP contribution in [0.4, 0.5) is 0 Å². The molecular weight excluding hydrogens is 160 g/mol. The van der Waals surface area contributed by atoms with Gasteiger partial charge in [-0.05, 0) is 20.8 Å². The molecule has 1 unspecified atom stereocenters. The van der Waals surface area contributed by atoms with Gasteiger partial charge in [-0.25, -0.2) is 8.93 Å². The maximum absolute atomic E-state index is 11.9. The first-order valence-electron chi connectivity index (χ1n) is 3.54. The quantitative estimate of drug-likeness (QED) is 0.590. The van der Waals surface area contributed by atoms with Crippen molar-refractivity contribution in [3.63, 3.8) is 0 Å². The Morgan fingerprint density at radius 2 is 2.18 bits per heavy atom. The molecule has 0 bridgehead atoms. The van der Waals surface area contributed by atoms with E-state index in [1.807, 2.05) is 20.8 Å². The SMILES string of the molecule is C=C1CNS(=O)(C(C)(C)C)=N1. The normalized spacial score (nSPS) is 32.1. The Labute approximate surface area is 68.2 Å². The van der Waals surface area contributed by atoms with Crippen molar-refractivity contribution in [3.05, 3.63) is 12.3 Å². The fraction of sp³-hybridized carbons (Fsp3) is 0.714. The van der Waals surface area contributed by atoms with Crippen molar-refractivity contribution in [2.45, 2.75) is 25.5 Å². The molecule has 0 spiro atoms. The van der Waals surface area contributed by atoms with Crippen LogP contribution in [-0.2, 0) is 9.92 Å². The molecule has 64 valence electrons. The third-order valence-corrected chi connectivity index (χ3v) is 4.27. The molecule has 1 heterocycles. The van der Waals surface area contributed by atoms with Crippen LogP contribution in [0, 0.1) is 0 Å². The first-order valence-corrected chi connectivity index (χ1v) is 5.06. The molecule has 3 nitrogen and oxygen atoms in total. The molecule has 0 saturated carbocycles. The molecule has 0 aromatic carbocycles. The summed E-state index contributed by atoms with van der Waals surface area (Å²) in [6.45, 7) is 9.93. The Morgan fingerprint density at radius 1 is 1.64 bits per heavy atom. The minimum Gasteiger partial charge on any atom is -0.233 e. The Hall–Kier alpha value is -0.350. The topological polar surface area (TPSA) is 41.5 Å². The minimum absolute atomic E-state index is 0.313. The third-order valence-electron chi connectivity index (χ3n) is 1.56. The minimum atomic E-state index is -2.24. The van der Waals surface area contributed by atoms with Gasteiger partial charge in [0.05, 0.1) is 17.0 Å². The first kappa shape index (κ1) is 8.74. The van der Waals surface area contributed by atoms with Gasteiger partial charge >= 0.3 is 0 Å². The van der Waals surface area contributed by atoms with Crippen LogP contribution < -0.4 is 4.72 Å². The van der Waals surface area contributed by atoms with Crippen LogP contribution in [0.1, 0.15) is 20.8 Å². The number of hydrogen-bond donors (Lipinski definition) is 1. The largest absolute Gasteiger partial charge is 0.233 e. The van der Waals surface area contributed by atoms with Crippen LogP contribution in [0.5, 0.6) is 0 Å². The van der Waals surface area contributed by atoms with Gasteiger partial charge in [-0.2, -0.15) is 4.36 Å². The molecule has 0 fully saturated rings. The summed E-state index contributed by atoms with van der Waals surface area (Å²) in [5, 5.41) is 0. The van der Waals surface area contributed by atoms with Crippen molar-refractivity contribution in [1.82, 2.24) is 4.72 Å². The van der Waals surface area contributed by atoms with Gasteiger partial charge in [0, 0.05) is 0 Å². The van der Waals surface area contributed by atoms with E-state index < -0.39 is 9.92 Å². The van der Waals surface area contributed by atoms with E-state index in [2.05, 4.69) is 15.7 Å². The van der Waals surface area contributed by atoms with Crippen molar-refractivity contribution >= 4 is 9.92 Å². The zero-order chi connectivity index (χ0) is 8.70. The van der Waals surface area contributed by atoms with E-state index in [-0.39, 0.29) is 4.75 Å². The highest BCUT2D eigenvalue weighted by atomic mass is 32.2. The van der Waals surface area contributed by atoms with Gasteiger partial charge in [-0.1, -0.05) is 6.58 Å². The molecule has 4 heteroatoms. The second-order valence-corrected chi connectivity index (χ2v) is 6.36. The van der Waals surface area contributed by atoms with E-state index in [0.29, 0.717) is 12.2 Å². The number of hydrogen-bond acceptors (Lipinski definition) is 2. The Kier molecular flexibility index (Phi) is 1.84. The fourth-order valence-corrected chi connectivity index (χ4v) is 2.34. The molecule has 0 aliphatic carbocycles. The van der Waals surface area contributed by atoms with E-state index in [0.717, 1.165) is 0 Å². The van der Waals surface area contributed by atoms with E-state index in [4.69, 9.17) is 0 Å². The van der Waals surface area contributed by atoms with Crippen LogP contribution in [0.25, 0.3) is 0 Å². The van der Waals surface area contributed by atoms with E-state index in [9.17, 15) is 4.21 Å². The molecule has 1 atom stereocenters. The lowest BCUT2D eigenvalue weighted by Gasteiger charge is -2.20. The number of nitrogens with zero attached hydrogens (tertiary/aromatic N) is 1. The smallest absolute Gasteiger partial charge is 0.117 e. The van der Waals surface area contributed by atoms with Gasteiger partial charge in [0.15, 0.2) is 0 Å². The highest BCUT2D eigenvalue weighted by Gasteiger charge is 2.30. The fourth-order valence-electron chi connectivity index (χ4n) is 0.781. The average Bonchev–Trinajstić information content (AvgIpc) is 2.10. The zero-order valence-corrected chi connectivity index (χ0v) is 7.99. The van der Waals surface area contributed by atoms with Crippen LogP contribution in [0.3, 0.4) is 0 Å². The van der Waals surface area contributed by atoms with E-state index >= 15 is 0 Å². The molecule has 11 heavy (non-hydrogen) atoms. The molecule has 1 rings (SSSR count). The van der Waals surface area contributed by atoms with Crippen LogP contribution in [0.2, 0.25) is 0 Å². The molecule has 0 aromatic rings. The molecule has 0 saturated heterocycles. The Balaban J connectivity index is 3.13. The predicted octanol–water partition coefficient (Wildman–Crippen LogP) is 1.28. The van der Waals surface area contributed by atoms with E-state index in [1.165, 1.54) is 0 Å². The lowest BCUT2D eigenvalue weighted by atomic mass is 10.3. The highest BCUT2D eigenvalue weighted by molar-refractivity contribution is 7.93. The van der Waals surface area contributed by atoms with Gasteiger partial charge in [0.25, 0.3) is 0 Å². The summed E-state index contributed by atoms with van der Waals surface area (Å²) in [5.74, 6) is 0. The first-order chi connectivity index (χ1) is 4.85. The molecule has 1 N–H and O–H groups in total. The summed E-state index contributed by atoms with van der Waals surface area (Å²) in [5.41, 5.74) is 0.685. The van der Waals surface area contributed by atoms with Gasteiger partial charge < -0.3 is 0 Å². The monoisotopic (exact) mass is 174 g/mol. The van der Waals surface area contributed by atoms with Crippen LogP contribution in [-0.4, -0.2) is 15.5 Å². The molecule has 0 radical (unpaired) electrons. The van der Waals surface area contributed by atoms with E-state index in [1.54, 1.807) is 0 Å². The van der Waals surface area contributed by atoms with Gasteiger partial charge in [-0.15, -0.1) is 0 Å². The molecule has 0 amide bonds. The van der Waals surface area contributed by atoms with Gasteiger partial charge in [0.1, 0.15) is 9.92 Å². The summed E-state index contributed by atoms with van der Waals surface area (Å²) in [7, 11) is -2.24. The molecule has 1 aliphatic heterocycles. The Morgan fingerprint density at radius 3 is 2.36 bits per heavy atom. The van der Waals surface area contributed by atoms with Crippen molar-refractivity contribution < 1.29 is 4.21 Å². The summed E-state index contributed by atoms with van der Waals surface area (Å²) in [6, 6.07) is 0. The van der Waals surface area contributed by atoms with Crippen molar-refractivity contribution in [2.24, 2.45) is 4.36 Å². The highest BCUT2D eigenvalue weighted by Crippen LogP contribution is 2.21. The van der Waals surface area contributed by atoms with Crippen LogP contribution in [0.15, 0.2) is 16.6 Å². The average molecular weight is 174 g/mol. The standard InChI is InChI=1S/C7H14N2OS/c1-6-5-8-11(10,9-6)7(2,3)4/h1,5H2,2-4H3,(H,8,9,10). The molecular formula is C7H14N2OS. The summed E-state index contributed by atoms with van der Waals surface area (Å²) >= 11 is 0. The second-order valence-electron chi connectivity index (χ2n) is 3.62. The number of nitrogens with one attached hydrogen (secondary N) is 1. The number of rotatable bonds is 0. The third kappa shape index (κ3) is 1.46. The van der Waals surface area contributed by atoms with Gasteiger partial charge in [-0.3, -0.25) is 0 Å². The van der Waals surface area contributed by atoms with Crippen LogP contribution >= 0.6 is 0 Å². The maximum Gasteiger partial charge on any atom is 0.117 e. The summed E-state index contributed by atoms with van der Waals surface area (Å²) in [4.78, 5) is 0. The summed E-state index contributed by atoms with van der Waals surface area (Å²) in [6.07, 6.45) is 0. The zero-order valence-electron chi connectivity index (χ0n) is 7.18. The van der Waals surface area contributed by atoms with Gasteiger partial charge in [0.2, 0.25) is 0 Å². The lowest BCUT2D eigenvalue weighted by Crippen LogP contribution is -2.35. The molecule has 1 aliphatic rings. The lowest BCUT2D eigenvalue weighted by molar-refractivity contribution is 0.634.